The van der Waals surface area contributed by atoms with E-state index >= 15 is 0 Å². The van der Waals surface area contributed by atoms with Gasteiger partial charge in [-0.25, -0.2) is 0 Å². The Morgan fingerprint density at radius 3 is 2.81 bits per heavy atom. The lowest BCUT2D eigenvalue weighted by molar-refractivity contribution is 0.0940. The molecule has 0 spiro atoms. The summed E-state index contributed by atoms with van der Waals surface area (Å²) in [6, 6.07) is 12.7. The Kier molecular flexibility index (Phi) is 3.64. The second kappa shape index (κ2) is 5.75. The van der Waals surface area contributed by atoms with Gasteiger partial charge < -0.3 is 20.5 Å². The molecule has 2 aromatic rings. The molecule has 0 fully saturated rings. The fraction of sp³-hybridized carbons (Fsp3) is 0.188. The first kappa shape index (κ1) is 13.3. The van der Waals surface area contributed by atoms with Gasteiger partial charge in [-0.2, -0.15) is 0 Å². The molecule has 1 amide bonds. The number of nitrogens with one attached hydrogen (secondary N) is 1. The minimum absolute atomic E-state index is 0.195. The largest absolute Gasteiger partial charge is 0.486 e. The molecule has 1 heterocycles. The number of hydrogen-bond donors (Lipinski definition) is 2. The SMILES string of the molecule is Nc1cccc(CNC(=O)c2cccc3c2OCCO3)c1. The van der Waals surface area contributed by atoms with Crippen LogP contribution in [0.4, 0.5) is 5.69 Å². The summed E-state index contributed by atoms with van der Waals surface area (Å²) in [5.74, 6) is 0.923. The molecule has 0 aromatic heterocycles. The number of anilines is 1. The van der Waals surface area contributed by atoms with E-state index in [4.69, 9.17) is 15.2 Å². The number of carbonyl (C=O) groups excluding carboxylic acids is 1. The van der Waals surface area contributed by atoms with Crippen molar-refractivity contribution in [3.8, 4) is 11.5 Å². The fourth-order valence-electron chi connectivity index (χ4n) is 2.23. The summed E-state index contributed by atoms with van der Waals surface area (Å²) in [5.41, 5.74) is 7.83. The highest BCUT2D eigenvalue weighted by atomic mass is 16.6. The molecule has 5 heteroatoms. The maximum atomic E-state index is 12.3. The summed E-state index contributed by atoms with van der Waals surface area (Å²) < 4.78 is 11.0. The molecule has 1 aliphatic rings. The summed E-state index contributed by atoms with van der Waals surface area (Å²) in [5, 5.41) is 2.86. The number of fused-ring (bicyclic) bond motifs is 1. The van der Waals surface area contributed by atoms with E-state index in [1.165, 1.54) is 0 Å². The third-order valence-electron chi connectivity index (χ3n) is 3.21. The first-order chi connectivity index (χ1) is 10.2. The summed E-state index contributed by atoms with van der Waals surface area (Å²) in [6.45, 7) is 1.36. The van der Waals surface area contributed by atoms with Crippen LogP contribution in [0, 0.1) is 0 Å². The van der Waals surface area contributed by atoms with E-state index in [0.717, 1.165) is 5.56 Å². The first-order valence-corrected chi connectivity index (χ1v) is 6.75. The van der Waals surface area contributed by atoms with Crippen LogP contribution in [0.1, 0.15) is 15.9 Å². The smallest absolute Gasteiger partial charge is 0.255 e. The normalized spacial score (nSPS) is 12.8. The number of nitrogens with two attached hydrogens (primary N) is 1. The molecule has 21 heavy (non-hydrogen) atoms. The zero-order valence-corrected chi connectivity index (χ0v) is 11.5. The molecule has 5 nitrogen and oxygen atoms in total. The summed E-state index contributed by atoms with van der Waals surface area (Å²) >= 11 is 0. The van der Waals surface area contributed by atoms with Crippen molar-refractivity contribution in [2.45, 2.75) is 6.54 Å². The second-order valence-corrected chi connectivity index (χ2v) is 4.76. The molecule has 0 unspecified atom stereocenters. The van der Waals surface area contributed by atoms with Gasteiger partial charge in [0.2, 0.25) is 0 Å². The van der Waals surface area contributed by atoms with Gasteiger partial charge in [0.05, 0.1) is 5.56 Å². The van der Waals surface area contributed by atoms with E-state index in [2.05, 4.69) is 5.32 Å². The van der Waals surface area contributed by atoms with Crippen molar-refractivity contribution in [2.24, 2.45) is 0 Å². The van der Waals surface area contributed by atoms with Crippen molar-refractivity contribution < 1.29 is 14.3 Å². The summed E-state index contributed by atoms with van der Waals surface area (Å²) in [4.78, 5) is 12.3. The van der Waals surface area contributed by atoms with Gasteiger partial charge in [-0.15, -0.1) is 0 Å². The average Bonchev–Trinajstić information content (AvgIpc) is 2.52. The lowest BCUT2D eigenvalue weighted by Gasteiger charge is -2.20. The van der Waals surface area contributed by atoms with E-state index in [-0.39, 0.29) is 5.91 Å². The monoisotopic (exact) mass is 284 g/mol. The Labute approximate surface area is 122 Å². The van der Waals surface area contributed by atoms with Crippen molar-refractivity contribution in [3.05, 3.63) is 53.6 Å². The molecular formula is C16H16N2O3. The molecule has 2 aromatic carbocycles. The predicted octanol–water partition coefficient (Wildman–Crippen LogP) is 1.97. The number of rotatable bonds is 3. The van der Waals surface area contributed by atoms with Gasteiger partial charge in [0.25, 0.3) is 5.91 Å². The quantitative estimate of drug-likeness (QED) is 0.845. The molecule has 0 radical (unpaired) electrons. The number of benzene rings is 2. The van der Waals surface area contributed by atoms with Crippen LogP contribution in [0.3, 0.4) is 0 Å². The van der Waals surface area contributed by atoms with Gasteiger partial charge >= 0.3 is 0 Å². The molecule has 1 aliphatic heterocycles. The Morgan fingerprint density at radius 2 is 1.95 bits per heavy atom. The Morgan fingerprint density at radius 1 is 1.14 bits per heavy atom. The van der Waals surface area contributed by atoms with Crippen LogP contribution in [-0.2, 0) is 6.54 Å². The first-order valence-electron chi connectivity index (χ1n) is 6.75. The molecule has 0 saturated heterocycles. The highest BCUT2D eigenvalue weighted by Gasteiger charge is 2.19. The van der Waals surface area contributed by atoms with Crippen LogP contribution in [0.5, 0.6) is 11.5 Å². The molecule has 108 valence electrons. The molecule has 3 N–H and O–H groups in total. The van der Waals surface area contributed by atoms with Crippen LogP contribution in [-0.4, -0.2) is 19.1 Å². The maximum absolute atomic E-state index is 12.3. The zero-order chi connectivity index (χ0) is 14.7. The second-order valence-electron chi connectivity index (χ2n) is 4.76. The van der Waals surface area contributed by atoms with E-state index in [1.807, 2.05) is 24.3 Å². The number of ether oxygens (including phenoxy) is 2. The van der Waals surface area contributed by atoms with Gasteiger partial charge in [0, 0.05) is 12.2 Å². The van der Waals surface area contributed by atoms with E-state index in [9.17, 15) is 4.79 Å². The molecule has 0 bridgehead atoms. The third-order valence-corrected chi connectivity index (χ3v) is 3.21. The highest BCUT2D eigenvalue weighted by Crippen LogP contribution is 2.33. The number of nitrogen functional groups attached to an aromatic ring is 1. The van der Waals surface area contributed by atoms with Crippen LogP contribution in [0.2, 0.25) is 0 Å². The van der Waals surface area contributed by atoms with Gasteiger partial charge in [0.15, 0.2) is 11.5 Å². The van der Waals surface area contributed by atoms with Gasteiger partial charge in [-0.1, -0.05) is 18.2 Å². The van der Waals surface area contributed by atoms with E-state index < -0.39 is 0 Å². The van der Waals surface area contributed by atoms with E-state index in [0.29, 0.717) is 42.5 Å². The standard InChI is InChI=1S/C16H16N2O3/c17-12-4-1-3-11(9-12)10-18-16(19)13-5-2-6-14-15(13)21-8-7-20-14/h1-6,9H,7-8,10,17H2,(H,18,19). The molecular weight excluding hydrogens is 268 g/mol. The van der Waals surface area contributed by atoms with Crippen molar-refractivity contribution in [3.63, 3.8) is 0 Å². The van der Waals surface area contributed by atoms with Crippen LogP contribution < -0.4 is 20.5 Å². The van der Waals surface area contributed by atoms with Crippen molar-refractivity contribution >= 4 is 11.6 Å². The van der Waals surface area contributed by atoms with Crippen LogP contribution >= 0.6 is 0 Å². The molecule has 0 saturated carbocycles. The van der Waals surface area contributed by atoms with Gasteiger partial charge in [0.1, 0.15) is 13.2 Å². The fourth-order valence-corrected chi connectivity index (χ4v) is 2.23. The summed E-state index contributed by atoms with van der Waals surface area (Å²) in [7, 11) is 0. The minimum Gasteiger partial charge on any atom is -0.486 e. The van der Waals surface area contributed by atoms with E-state index in [1.54, 1.807) is 18.2 Å². The van der Waals surface area contributed by atoms with Gasteiger partial charge in [-0.3, -0.25) is 4.79 Å². The lowest BCUT2D eigenvalue weighted by atomic mass is 10.1. The molecule has 0 aliphatic carbocycles. The maximum Gasteiger partial charge on any atom is 0.255 e. The van der Waals surface area contributed by atoms with Crippen molar-refractivity contribution in [2.75, 3.05) is 18.9 Å². The minimum atomic E-state index is -0.195. The number of amides is 1. The summed E-state index contributed by atoms with van der Waals surface area (Å²) in [6.07, 6.45) is 0. The predicted molar refractivity (Wildman–Crippen MR) is 79.5 cm³/mol. The zero-order valence-electron chi connectivity index (χ0n) is 11.5. The third kappa shape index (κ3) is 2.91. The number of para-hydroxylation sites is 1. The van der Waals surface area contributed by atoms with Crippen LogP contribution in [0.25, 0.3) is 0 Å². The molecule has 3 rings (SSSR count). The lowest BCUT2D eigenvalue weighted by Crippen LogP contribution is -2.25. The molecule has 0 atom stereocenters. The van der Waals surface area contributed by atoms with Crippen LogP contribution in [0.15, 0.2) is 42.5 Å². The Balaban J connectivity index is 1.74. The average molecular weight is 284 g/mol. The topological polar surface area (TPSA) is 73.6 Å². The van der Waals surface area contributed by atoms with Crippen molar-refractivity contribution in [1.29, 1.82) is 0 Å². The number of hydrogen-bond acceptors (Lipinski definition) is 4. The Bertz CT molecular complexity index is 670. The number of carbonyl (C=O) groups is 1. The van der Waals surface area contributed by atoms with Crippen molar-refractivity contribution in [1.82, 2.24) is 5.32 Å². The highest BCUT2D eigenvalue weighted by molar-refractivity contribution is 5.97. The Hall–Kier alpha value is -2.69. The van der Waals surface area contributed by atoms with Gasteiger partial charge in [-0.05, 0) is 29.8 Å².